The van der Waals surface area contributed by atoms with Crippen molar-refractivity contribution in [3.63, 3.8) is 0 Å². The fourth-order valence-electron chi connectivity index (χ4n) is 6.44. The summed E-state index contributed by atoms with van der Waals surface area (Å²) in [5.74, 6) is 0.590. The molecule has 6 heteroatoms. The van der Waals surface area contributed by atoms with E-state index in [9.17, 15) is 14.7 Å². The van der Waals surface area contributed by atoms with Crippen LogP contribution in [-0.2, 0) is 16.0 Å². The van der Waals surface area contributed by atoms with Gasteiger partial charge in [0, 0.05) is 37.2 Å². The number of hydrogen-bond acceptors (Lipinski definition) is 5. The van der Waals surface area contributed by atoms with Crippen molar-refractivity contribution in [3.8, 4) is 0 Å². The Morgan fingerprint density at radius 3 is 2.44 bits per heavy atom. The Balaban J connectivity index is 1.01. The quantitative estimate of drug-likeness (QED) is 0.601. The first kappa shape index (κ1) is 23.7. The Morgan fingerprint density at radius 2 is 1.75 bits per heavy atom. The molecule has 1 spiro atoms. The highest BCUT2D eigenvalue weighted by Crippen LogP contribution is 2.49. The SMILES string of the molecule is O=C(c1ccc(CC2CCC(C(O)c3ccccc3)N2)cc1)N1CCC2(CC1)CC(C1CC1)OC2=O. The summed E-state index contributed by atoms with van der Waals surface area (Å²) in [6, 6.07) is 18.2. The normalized spacial score (nSPS) is 28.3. The summed E-state index contributed by atoms with van der Waals surface area (Å²) < 4.78 is 5.71. The molecule has 190 valence electrons. The van der Waals surface area contributed by atoms with E-state index >= 15 is 0 Å². The van der Waals surface area contributed by atoms with Crippen molar-refractivity contribution in [2.75, 3.05) is 13.1 Å². The van der Waals surface area contributed by atoms with Crippen LogP contribution in [0, 0.1) is 11.3 Å². The molecule has 1 aliphatic carbocycles. The third-order valence-corrected chi connectivity index (χ3v) is 8.92. The van der Waals surface area contributed by atoms with Crippen LogP contribution in [0.3, 0.4) is 0 Å². The minimum atomic E-state index is -0.495. The Labute approximate surface area is 213 Å². The molecule has 4 aliphatic rings. The van der Waals surface area contributed by atoms with Crippen molar-refractivity contribution in [2.45, 2.75) is 75.7 Å². The number of ether oxygens (including phenoxy) is 1. The molecule has 6 nitrogen and oxygen atoms in total. The van der Waals surface area contributed by atoms with Gasteiger partial charge in [0.1, 0.15) is 6.10 Å². The third kappa shape index (κ3) is 4.69. The second-order valence-corrected chi connectivity index (χ2v) is 11.4. The number of carbonyl (C=O) groups is 2. The lowest BCUT2D eigenvalue weighted by atomic mass is 9.75. The third-order valence-electron chi connectivity index (χ3n) is 8.92. The van der Waals surface area contributed by atoms with Gasteiger partial charge in [0.25, 0.3) is 5.91 Å². The average molecular weight is 489 g/mol. The molecule has 6 rings (SSSR count). The average Bonchev–Trinajstić information content (AvgIpc) is 3.59. The maximum Gasteiger partial charge on any atom is 0.312 e. The zero-order chi connectivity index (χ0) is 24.7. The van der Waals surface area contributed by atoms with E-state index in [2.05, 4.69) is 17.4 Å². The van der Waals surface area contributed by atoms with Gasteiger partial charge >= 0.3 is 5.97 Å². The number of cyclic esters (lactones) is 1. The van der Waals surface area contributed by atoms with E-state index in [1.54, 1.807) is 0 Å². The number of amides is 1. The number of nitrogens with one attached hydrogen (secondary N) is 1. The van der Waals surface area contributed by atoms with E-state index in [0.717, 1.165) is 31.2 Å². The highest BCUT2D eigenvalue weighted by molar-refractivity contribution is 5.94. The van der Waals surface area contributed by atoms with Crippen molar-refractivity contribution in [3.05, 3.63) is 71.3 Å². The monoisotopic (exact) mass is 488 g/mol. The van der Waals surface area contributed by atoms with Crippen molar-refractivity contribution in [1.82, 2.24) is 10.2 Å². The van der Waals surface area contributed by atoms with Crippen LogP contribution in [0.1, 0.15) is 72.5 Å². The zero-order valence-electron chi connectivity index (χ0n) is 20.8. The fourth-order valence-corrected chi connectivity index (χ4v) is 6.44. The number of rotatable bonds is 6. The summed E-state index contributed by atoms with van der Waals surface area (Å²) in [7, 11) is 0. The molecule has 1 amide bonds. The Bertz CT molecular complexity index is 1090. The van der Waals surface area contributed by atoms with Crippen LogP contribution >= 0.6 is 0 Å². The lowest BCUT2D eigenvalue weighted by Crippen LogP contribution is -2.45. The van der Waals surface area contributed by atoms with Gasteiger partial charge in [-0.3, -0.25) is 9.59 Å². The summed E-state index contributed by atoms with van der Waals surface area (Å²) in [4.78, 5) is 27.6. The largest absolute Gasteiger partial charge is 0.462 e. The maximum absolute atomic E-state index is 13.1. The van der Waals surface area contributed by atoms with E-state index in [-0.39, 0.29) is 29.4 Å². The van der Waals surface area contributed by atoms with Crippen molar-refractivity contribution >= 4 is 11.9 Å². The first-order valence-electron chi connectivity index (χ1n) is 13.6. The summed E-state index contributed by atoms with van der Waals surface area (Å²) in [6.45, 7) is 1.23. The van der Waals surface area contributed by atoms with Gasteiger partial charge in [-0.25, -0.2) is 0 Å². The van der Waals surface area contributed by atoms with Gasteiger partial charge < -0.3 is 20.1 Å². The van der Waals surface area contributed by atoms with Gasteiger partial charge in [0.05, 0.1) is 11.5 Å². The molecule has 4 unspecified atom stereocenters. The molecule has 3 aliphatic heterocycles. The van der Waals surface area contributed by atoms with Gasteiger partial charge in [-0.05, 0) is 74.1 Å². The Morgan fingerprint density at radius 1 is 1.03 bits per heavy atom. The minimum absolute atomic E-state index is 0.0325. The van der Waals surface area contributed by atoms with Gasteiger partial charge in [0.2, 0.25) is 0 Å². The zero-order valence-corrected chi connectivity index (χ0v) is 20.8. The summed E-state index contributed by atoms with van der Waals surface area (Å²) in [6.07, 6.45) is 7.09. The fraction of sp³-hybridized carbons (Fsp3) is 0.533. The van der Waals surface area contributed by atoms with Crippen molar-refractivity contribution < 1.29 is 19.4 Å². The van der Waals surface area contributed by atoms with Gasteiger partial charge in [-0.2, -0.15) is 0 Å². The molecule has 4 fully saturated rings. The lowest BCUT2D eigenvalue weighted by Gasteiger charge is -2.36. The number of aliphatic hydroxyl groups is 1. The summed E-state index contributed by atoms with van der Waals surface area (Å²) >= 11 is 0. The Kier molecular flexibility index (Phi) is 6.34. The molecular formula is C30H36N2O4. The summed E-state index contributed by atoms with van der Waals surface area (Å²) in [5, 5.41) is 14.3. The van der Waals surface area contributed by atoms with E-state index < -0.39 is 6.10 Å². The van der Waals surface area contributed by atoms with Crippen LogP contribution in [0.5, 0.6) is 0 Å². The molecular weight excluding hydrogens is 452 g/mol. The molecule has 0 bridgehead atoms. The topological polar surface area (TPSA) is 78.9 Å². The Hall–Kier alpha value is -2.70. The number of benzene rings is 2. The predicted molar refractivity (Wildman–Crippen MR) is 136 cm³/mol. The molecule has 0 radical (unpaired) electrons. The first-order chi connectivity index (χ1) is 17.5. The van der Waals surface area contributed by atoms with Gasteiger partial charge in [0.15, 0.2) is 0 Å². The molecule has 0 aromatic heterocycles. The molecule has 1 saturated carbocycles. The number of likely N-dealkylation sites (tertiary alicyclic amines) is 1. The van der Waals surface area contributed by atoms with Crippen molar-refractivity contribution in [1.29, 1.82) is 0 Å². The highest BCUT2D eigenvalue weighted by atomic mass is 16.6. The van der Waals surface area contributed by atoms with Crippen LogP contribution in [0.2, 0.25) is 0 Å². The van der Waals surface area contributed by atoms with E-state index in [4.69, 9.17) is 4.74 Å². The highest BCUT2D eigenvalue weighted by Gasteiger charge is 2.54. The molecule has 36 heavy (non-hydrogen) atoms. The second kappa shape index (κ2) is 9.64. The molecule has 2 N–H and O–H groups in total. The van der Waals surface area contributed by atoms with Crippen LogP contribution in [0.15, 0.2) is 54.6 Å². The maximum atomic E-state index is 13.1. The minimum Gasteiger partial charge on any atom is -0.462 e. The first-order valence-corrected chi connectivity index (χ1v) is 13.6. The molecule has 2 aromatic rings. The summed E-state index contributed by atoms with van der Waals surface area (Å²) in [5.41, 5.74) is 2.48. The van der Waals surface area contributed by atoms with E-state index in [0.29, 0.717) is 43.5 Å². The number of aliphatic hydroxyl groups excluding tert-OH is 1. The number of hydrogen-bond donors (Lipinski definition) is 2. The molecule has 3 heterocycles. The van der Waals surface area contributed by atoms with E-state index in [1.165, 1.54) is 18.4 Å². The molecule has 4 atom stereocenters. The van der Waals surface area contributed by atoms with E-state index in [1.807, 2.05) is 47.4 Å². The van der Waals surface area contributed by atoms with Crippen LogP contribution < -0.4 is 5.32 Å². The van der Waals surface area contributed by atoms with Crippen LogP contribution in [0.4, 0.5) is 0 Å². The van der Waals surface area contributed by atoms with Crippen LogP contribution in [-0.4, -0.2) is 53.2 Å². The van der Waals surface area contributed by atoms with Crippen molar-refractivity contribution in [2.24, 2.45) is 11.3 Å². The standard InChI is InChI=1S/C30H36N2O4/c33-27(22-4-2-1-3-5-22)25-13-12-24(31-25)18-20-6-8-23(9-7-20)28(34)32-16-14-30(15-17-32)19-26(21-10-11-21)36-29(30)35/h1-9,21,24-27,31,33H,10-19H2. The number of carbonyl (C=O) groups excluding carboxylic acids is 2. The smallest absolute Gasteiger partial charge is 0.312 e. The van der Waals surface area contributed by atoms with Gasteiger partial charge in [-0.1, -0.05) is 42.5 Å². The molecule has 2 aromatic carbocycles. The predicted octanol–water partition coefficient (Wildman–Crippen LogP) is 4.03. The molecule has 3 saturated heterocycles. The number of nitrogens with zero attached hydrogens (tertiary/aromatic N) is 1. The second-order valence-electron chi connectivity index (χ2n) is 11.4. The number of esters is 1. The lowest BCUT2D eigenvalue weighted by molar-refractivity contribution is -0.151. The van der Waals surface area contributed by atoms with Crippen LogP contribution in [0.25, 0.3) is 0 Å². The number of piperidine rings is 1. The van der Waals surface area contributed by atoms with Gasteiger partial charge in [-0.15, -0.1) is 0 Å².